The van der Waals surface area contributed by atoms with E-state index in [1.807, 2.05) is 29.2 Å². The van der Waals surface area contributed by atoms with Crippen molar-refractivity contribution in [3.8, 4) is 6.19 Å². The predicted octanol–water partition coefficient (Wildman–Crippen LogP) is 3.29. The molecule has 1 aliphatic heterocycles. The van der Waals surface area contributed by atoms with Gasteiger partial charge in [0, 0.05) is 12.2 Å². The summed E-state index contributed by atoms with van der Waals surface area (Å²) in [4.78, 5) is 12.7. The zero-order valence-corrected chi connectivity index (χ0v) is 12.2. The summed E-state index contributed by atoms with van der Waals surface area (Å²) in [7, 11) is 0. The van der Waals surface area contributed by atoms with Crippen LogP contribution in [0, 0.1) is 23.3 Å². The monoisotopic (exact) mass is 283 g/mol. The number of para-hydroxylation sites is 1. The van der Waals surface area contributed by atoms with E-state index in [0.29, 0.717) is 12.3 Å². The largest absolute Gasteiger partial charge is 0.328 e. The van der Waals surface area contributed by atoms with Crippen molar-refractivity contribution in [3.05, 3.63) is 29.8 Å². The van der Waals surface area contributed by atoms with Gasteiger partial charge in [0.1, 0.15) is 0 Å². The summed E-state index contributed by atoms with van der Waals surface area (Å²) in [5.74, 6) is 1.39. The van der Waals surface area contributed by atoms with Crippen molar-refractivity contribution in [1.82, 2.24) is 4.90 Å². The molecule has 1 aromatic carbocycles. The fourth-order valence-electron chi connectivity index (χ4n) is 4.02. The Morgan fingerprint density at radius 1 is 1.24 bits per heavy atom. The van der Waals surface area contributed by atoms with Gasteiger partial charge in [-0.25, -0.2) is 0 Å². The number of benzene rings is 1. The van der Waals surface area contributed by atoms with Gasteiger partial charge in [0.25, 0.3) is 0 Å². The van der Waals surface area contributed by atoms with E-state index in [4.69, 9.17) is 0 Å². The molecular weight excluding hydrogens is 262 g/mol. The molecule has 0 aromatic heterocycles. The summed E-state index contributed by atoms with van der Waals surface area (Å²) in [6.07, 6.45) is 9.26. The maximum atomic E-state index is 10.8. The lowest BCUT2D eigenvalue weighted by Gasteiger charge is -2.44. The number of rotatable bonds is 3. The Kier molecular flexibility index (Phi) is 4.10. The van der Waals surface area contributed by atoms with E-state index in [1.54, 1.807) is 0 Å². The van der Waals surface area contributed by atoms with Crippen LogP contribution in [0.5, 0.6) is 0 Å². The summed E-state index contributed by atoms with van der Waals surface area (Å²) < 4.78 is 0. The molecule has 4 nitrogen and oxygen atoms in total. The summed E-state index contributed by atoms with van der Waals surface area (Å²) in [5, 5.41) is 12.3. The van der Waals surface area contributed by atoms with Crippen LogP contribution in [0.2, 0.25) is 0 Å². The number of nitrogens with one attached hydrogen (secondary N) is 1. The lowest BCUT2D eigenvalue weighted by atomic mass is 9.72. The van der Waals surface area contributed by atoms with Crippen LogP contribution in [0.25, 0.3) is 0 Å². The van der Waals surface area contributed by atoms with Gasteiger partial charge >= 0.3 is 0 Å². The minimum absolute atomic E-state index is 0.0954. The molecule has 1 N–H and O–H groups in total. The Labute approximate surface area is 125 Å². The molecule has 0 spiro atoms. The van der Waals surface area contributed by atoms with Gasteiger partial charge in [-0.05, 0) is 36.3 Å². The van der Waals surface area contributed by atoms with E-state index >= 15 is 0 Å². The van der Waals surface area contributed by atoms with Crippen molar-refractivity contribution >= 4 is 12.1 Å². The molecular formula is C17H21N3O. The number of hydrogen-bond donors (Lipinski definition) is 1. The average molecular weight is 283 g/mol. The quantitative estimate of drug-likeness (QED) is 0.684. The number of hydrogen-bond acceptors (Lipinski definition) is 3. The average Bonchev–Trinajstić information content (AvgIpc) is 2.54. The number of fused-ring (bicyclic) bond motifs is 1. The highest BCUT2D eigenvalue weighted by molar-refractivity contribution is 5.73. The fourth-order valence-corrected chi connectivity index (χ4v) is 4.02. The van der Waals surface area contributed by atoms with Gasteiger partial charge in [-0.1, -0.05) is 37.5 Å². The summed E-state index contributed by atoms with van der Waals surface area (Å²) in [5.41, 5.74) is 1.89. The third-order valence-electron chi connectivity index (χ3n) is 5.06. The van der Waals surface area contributed by atoms with Crippen molar-refractivity contribution < 1.29 is 4.79 Å². The molecule has 3 atom stereocenters. The van der Waals surface area contributed by atoms with Gasteiger partial charge < -0.3 is 10.2 Å². The molecule has 2 aliphatic rings. The van der Waals surface area contributed by atoms with E-state index in [2.05, 4.69) is 11.5 Å². The smallest absolute Gasteiger partial charge is 0.211 e. The molecule has 21 heavy (non-hydrogen) atoms. The van der Waals surface area contributed by atoms with Gasteiger partial charge in [0.2, 0.25) is 6.41 Å². The van der Waals surface area contributed by atoms with Crippen LogP contribution in [0.1, 0.15) is 43.7 Å². The molecule has 1 heterocycles. The second-order valence-electron chi connectivity index (χ2n) is 6.16. The minimum atomic E-state index is 0.0954. The van der Waals surface area contributed by atoms with Gasteiger partial charge in [-0.15, -0.1) is 0 Å². The first-order valence-electron chi connectivity index (χ1n) is 7.79. The first kappa shape index (κ1) is 13.9. The standard InChI is InChI=1S/C17H21N3O/c18-11-20-10-14-6-2-1-5-13(14)9-17(20)15-7-3-4-8-16(15)19-12-21/h3-4,7-8,12-14,17H,1-2,5-6,9-10H2,(H,19,21). The molecule has 1 saturated carbocycles. The normalized spacial score (nSPS) is 28.3. The molecule has 110 valence electrons. The lowest BCUT2D eigenvalue weighted by molar-refractivity contribution is -0.105. The molecule has 0 bridgehead atoms. The Morgan fingerprint density at radius 2 is 2.00 bits per heavy atom. The number of carbonyl (C=O) groups is 1. The Hall–Kier alpha value is -2.02. The van der Waals surface area contributed by atoms with Gasteiger partial charge in [0.15, 0.2) is 6.19 Å². The third kappa shape index (κ3) is 2.73. The van der Waals surface area contributed by atoms with Gasteiger partial charge in [0.05, 0.1) is 6.04 Å². The van der Waals surface area contributed by atoms with Crippen LogP contribution in [0.4, 0.5) is 5.69 Å². The number of nitrogens with zero attached hydrogens (tertiary/aromatic N) is 2. The fraction of sp³-hybridized carbons (Fsp3) is 0.529. The van der Waals surface area contributed by atoms with E-state index in [0.717, 1.165) is 30.1 Å². The number of piperidine rings is 1. The topological polar surface area (TPSA) is 56.1 Å². The highest BCUT2D eigenvalue weighted by Crippen LogP contribution is 2.44. The molecule has 1 aliphatic carbocycles. The lowest BCUT2D eigenvalue weighted by Crippen LogP contribution is -2.41. The van der Waals surface area contributed by atoms with E-state index in [1.165, 1.54) is 25.7 Å². The van der Waals surface area contributed by atoms with Crippen molar-refractivity contribution in [2.45, 2.75) is 38.1 Å². The minimum Gasteiger partial charge on any atom is -0.328 e. The highest BCUT2D eigenvalue weighted by Gasteiger charge is 2.37. The number of carbonyl (C=O) groups excluding carboxylic acids is 1. The second kappa shape index (κ2) is 6.17. The summed E-state index contributed by atoms with van der Waals surface area (Å²) in [6.45, 7) is 0.862. The molecule has 1 saturated heterocycles. The number of anilines is 1. The highest BCUT2D eigenvalue weighted by atomic mass is 16.1. The summed E-state index contributed by atoms with van der Waals surface area (Å²) in [6, 6.07) is 7.93. The molecule has 4 heteroatoms. The zero-order chi connectivity index (χ0) is 14.7. The Balaban J connectivity index is 1.89. The zero-order valence-electron chi connectivity index (χ0n) is 12.2. The van der Waals surface area contributed by atoms with Crippen molar-refractivity contribution in [2.24, 2.45) is 11.8 Å². The molecule has 1 amide bonds. The maximum Gasteiger partial charge on any atom is 0.211 e. The predicted molar refractivity (Wildman–Crippen MR) is 81.3 cm³/mol. The van der Waals surface area contributed by atoms with Crippen LogP contribution >= 0.6 is 0 Å². The van der Waals surface area contributed by atoms with E-state index in [-0.39, 0.29) is 6.04 Å². The molecule has 2 fully saturated rings. The van der Waals surface area contributed by atoms with Crippen LogP contribution in [-0.4, -0.2) is 17.9 Å². The van der Waals surface area contributed by atoms with Crippen LogP contribution in [0.15, 0.2) is 24.3 Å². The van der Waals surface area contributed by atoms with Gasteiger partial charge in [-0.2, -0.15) is 5.26 Å². The molecule has 0 radical (unpaired) electrons. The van der Waals surface area contributed by atoms with Crippen LogP contribution < -0.4 is 5.32 Å². The van der Waals surface area contributed by atoms with E-state index < -0.39 is 0 Å². The van der Waals surface area contributed by atoms with Crippen molar-refractivity contribution in [3.63, 3.8) is 0 Å². The molecule has 3 unspecified atom stereocenters. The number of likely N-dealkylation sites (tertiary alicyclic amines) is 1. The van der Waals surface area contributed by atoms with Gasteiger partial charge in [-0.3, -0.25) is 4.79 Å². The van der Waals surface area contributed by atoms with E-state index in [9.17, 15) is 10.1 Å². The summed E-state index contributed by atoms with van der Waals surface area (Å²) >= 11 is 0. The Bertz CT molecular complexity index is 551. The molecule has 3 rings (SSSR count). The first-order valence-corrected chi connectivity index (χ1v) is 7.79. The third-order valence-corrected chi connectivity index (χ3v) is 5.06. The maximum absolute atomic E-state index is 10.8. The second-order valence-corrected chi connectivity index (χ2v) is 6.16. The van der Waals surface area contributed by atoms with Crippen molar-refractivity contribution in [2.75, 3.05) is 11.9 Å². The van der Waals surface area contributed by atoms with Crippen LogP contribution in [0.3, 0.4) is 0 Å². The van der Waals surface area contributed by atoms with Crippen molar-refractivity contribution in [1.29, 1.82) is 5.26 Å². The SMILES string of the molecule is N#CN1CC2CCCCC2CC1c1ccccc1NC=O. The first-order chi connectivity index (χ1) is 10.3. The number of amides is 1. The number of nitriles is 1. The Morgan fingerprint density at radius 3 is 2.76 bits per heavy atom. The molecule has 1 aromatic rings. The van der Waals surface area contributed by atoms with Crippen LogP contribution in [-0.2, 0) is 4.79 Å².